The third-order valence-corrected chi connectivity index (χ3v) is 5.89. The van der Waals surface area contributed by atoms with Crippen molar-refractivity contribution >= 4 is 11.4 Å². The minimum atomic E-state index is -0.312. The van der Waals surface area contributed by atoms with Crippen LogP contribution in [0.25, 0.3) is 28.3 Å². The molecule has 0 amide bonds. The van der Waals surface area contributed by atoms with Gasteiger partial charge in [-0.2, -0.15) is 0 Å². The van der Waals surface area contributed by atoms with Crippen molar-refractivity contribution < 1.29 is 9.90 Å². The third kappa shape index (κ3) is 4.37. The number of rotatable bonds is 7. The summed E-state index contributed by atoms with van der Waals surface area (Å²) >= 11 is 0. The highest BCUT2D eigenvalue weighted by atomic mass is 16.3. The number of aliphatic hydroxyl groups is 1. The number of aliphatic hydroxyl groups excluding tert-OH is 1. The van der Waals surface area contributed by atoms with Gasteiger partial charge in [0, 0.05) is 17.0 Å². The fraction of sp³-hybridized carbons (Fsp3) is 0.259. The van der Waals surface area contributed by atoms with E-state index in [4.69, 9.17) is 0 Å². The topological polar surface area (TPSA) is 76.0 Å². The van der Waals surface area contributed by atoms with Crippen LogP contribution in [0.5, 0.6) is 0 Å². The smallest absolute Gasteiger partial charge is 0.204 e. The molecule has 1 heterocycles. The van der Waals surface area contributed by atoms with Gasteiger partial charge in [-0.3, -0.25) is 4.79 Å². The number of allylic oxidation sites excluding steroid dienone is 4. The molecule has 3 aromatic rings. The first-order valence-electron chi connectivity index (χ1n) is 11.1. The summed E-state index contributed by atoms with van der Waals surface area (Å²) in [5.41, 5.74) is 2.02. The molecule has 0 saturated carbocycles. The molecule has 0 bridgehead atoms. The maximum atomic E-state index is 13.1. The first-order chi connectivity index (χ1) is 15.6. The number of hydrogen-bond acceptors (Lipinski definition) is 5. The predicted octanol–water partition coefficient (Wildman–Crippen LogP) is 6.06. The van der Waals surface area contributed by atoms with E-state index in [2.05, 4.69) is 28.8 Å². The average Bonchev–Trinajstić information content (AvgIpc) is 2.85. The van der Waals surface area contributed by atoms with Gasteiger partial charge in [0.1, 0.15) is 0 Å². The van der Waals surface area contributed by atoms with Gasteiger partial charge < -0.3 is 5.11 Å². The minimum Gasteiger partial charge on any atom is -0.504 e. The summed E-state index contributed by atoms with van der Waals surface area (Å²) < 4.78 is 0. The zero-order valence-electron chi connectivity index (χ0n) is 18.4. The molecule has 2 atom stereocenters. The van der Waals surface area contributed by atoms with Gasteiger partial charge >= 0.3 is 0 Å². The van der Waals surface area contributed by atoms with E-state index in [1.165, 1.54) is 0 Å². The summed E-state index contributed by atoms with van der Waals surface area (Å²) in [6.07, 6.45) is 6.52. The van der Waals surface area contributed by atoms with E-state index >= 15 is 0 Å². The highest BCUT2D eigenvalue weighted by Gasteiger charge is 2.32. The molecule has 0 radical (unpaired) electrons. The second-order valence-corrected chi connectivity index (χ2v) is 8.01. The number of benzene rings is 2. The summed E-state index contributed by atoms with van der Waals surface area (Å²) in [6, 6.07) is 19.3. The Hall–Kier alpha value is -3.60. The Bertz CT molecular complexity index is 1100. The van der Waals surface area contributed by atoms with Crippen LogP contribution in [0.15, 0.2) is 78.6 Å². The zero-order chi connectivity index (χ0) is 22.5. The molecule has 162 valence electrons. The lowest BCUT2D eigenvalue weighted by atomic mass is 9.79. The summed E-state index contributed by atoms with van der Waals surface area (Å²) in [4.78, 5) is 27.0. The lowest BCUT2D eigenvalue weighted by Crippen LogP contribution is -2.26. The van der Waals surface area contributed by atoms with Gasteiger partial charge in [0.05, 0.1) is 5.57 Å². The largest absolute Gasteiger partial charge is 0.504 e. The molecule has 2 unspecified atom stereocenters. The SMILES string of the molecule is CCCC(CC)C1C=CC(c2nc(-c3ccccc3)nc(-c3ccccc3)n2)=C(O)C1=O. The third-order valence-electron chi connectivity index (χ3n) is 5.89. The molecule has 1 N–H and O–H groups in total. The van der Waals surface area contributed by atoms with Crippen LogP contribution in [0, 0.1) is 11.8 Å². The first-order valence-corrected chi connectivity index (χ1v) is 11.1. The van der Waals surface area contributed by atoms with Crippen molar-refractivity contribution in [1.29, 1.82) is 0 Å². The number of ketones is 1. The number of carbonyl (C=O) groups excluding carboxylic acids is 1. The monoisotopic (exact) mass is 425 g/mol. The number of hydrogen-bond donors (Lipinski definition) is 1. The lowest BCUT2D eigenvalue weighted by molar-refractivity contribution is -0.121. The molecular formula is C27H27N3O2. The number of nitrogens with zero attached hydrogens (tertiary/aromatic N) is 3. The van der Waals surface area contributed by atoms with E-state index in [9.17, 15) is 9.90 Å². The molecule has 32 heavy (non-hydrogen) atoms. The molecule has 2 aromatic carbocycles. The van der Waals surface area contributed by atoms with Crippen LogP contribution in [0.3, 0.4) is 0 Å². The molecule has 1 aliphatic carbocycles. The van der Waals surface area contributed by atoms with Gasteiger partial charge in [0.2, 0.25) is 5.78 Å². The van der Waals surface area contributed by atoms with E-state index < -0.39 is 0 Å². The fourth-order valence-corrected chi connectivity index (χ4v) is 4.15. The van der Waals surface area contributed by atoms with Gasteiger partial charge in [-0.25, -0.2) is 15.0 Å². The van der Waals surface area contributed by atoms with Gasteiger partial charge in [0.25, 0.3) is 0 Å². The highest BCUT2D eigenvalue weighted by molar-refractivity contribution is 6.06. The van der Waals surface area contributed by atoms with Crippen LogP contribution in [0.1, 0.15) is 38.9 Å². The normalized spacial score (nSPS) is 16.9. The Morgan fingerprint density at radius 1 is 0.844 bits per heavy atom. The number of Topliss-reactive ketones (excluding diaryl/α,β-unsaturated/α-hetero) is 1. The zero-order valence-corrected chi connectivity index (χ0v) is 18.4. The molecule has 1 aromatic heterocycles. The number of aromatic nitrogens is 3. The molecule has 0 saturated heterocycles. The van der Waals surface area contributed by atoms with Crippen molar-refractivity contribution in [1.82, 2.24) is 15.0 Å². The van der Waals surface area contributed by atoms with Gasteiger partial charge in [-0.15, -0.1) is 0 Å². The standard InChI is InChI=1S/C27H27N3O2/c1-3-11-18(4-2)21-16-17-22(24(32)23(21)31)27-29-25(19-12-7-5-8-13-19)28-26(30-27)20-14-9-6-10-15-20/h5-10,12-18,21,32H,3-4,11H2,1-2H3. The van der Waals surface area contributed by atoms with Crippen molar-refractivity contribution in [2.24, 2.45) is 11.8 Å². The van der Waals surface area contributed by atoms with E-state index in [-0.39, 0.29) is 23.4 Å². The summed E-state index contributed by atoms with van der Waals surface area (Å²) in [7, 11) is 0. The van der Waals surface area contributed by atoms with Crippen molar-refractivity contribution in [3.63, 3.8) is 0 Å². The molecule has 1 aliphatic rings. The Balaban J connectivity index is 1.80. The van der Waals surface area contributed by atoms with Crippen LogP contribution in [0.2, 0.25) is 0 Å². The Morgan fingerprint density at radius 2 is 1.38 bits per heavy atom. The van der Waals surface area contributed by atoms with Crippen LogP contribution < -0.4 is 0 Å². The minimum absolute atomic E-state index is 0.213. The van der Waals surface area contributed by atoms with E-state index in [0.29, 0.717) is 23.0 Å². The summed E-state index contributed by atoms with van der Waals surface area (Å²) in [5.74, 6) is 0.660. The second kappa shape index (κ2) is 9.69. The Kier molecular flexibility index (Phi) is 6.55. The van der Waals surface area contributed by atoms with E-state index in [1.54, 1.807) is 6.08 Å². The fourth-order valence-electron chi connectivity index (χ4n) is 4.15. The predicted molar refractivity (Wildman–Crippen MR) is 127 cm³/mol. The van der Waals surface area contributed by atoms with Crippen molar-refractivity contribution in [3.8, 4) is 22.8 Å². The maximum absolute atomic E-state index is 13.1. The Labute approximate surface area is 188 Å². The quantitative estimate of drug-likeness (QED) is 0.498. The molecule has 0 aliphatic heterocycles. The highest BCUT2D eigenvalue weighted by Crippen LogP contribution is 2.33. The molecule has 0 spiro atoms. The van der Waals surface area contributed by atoms with Gasteiger partial charge in [0.15, 0.2) is 23.2 Å². The molecule has 4 rings (SSSR count). The molecule has 5 nitrogen and oxygen atoms in total. The van der Waals surface area contributed by atoms with Crippen LogP contribution in [-0.4, -0.2) is 25.8 Å². The van der Waals surface area contributed by atoms with Crippen LogP contribution in [0.4, 0.5) is 0 Å². The number of carbonyl (C=O) groups is 1. The van der Waals surface area contributed by atoms with Crippen molar-refractivity contribution in [3.05, 3.63) is 84.4 Å². The molecular weight excluding hydrogens is 398 g/mol. The first kappa shape index (κ1) is 21.6. The van der Waals surface area contributed by atoms with Gasteiger partial charge in [-0.05, 0) is 12.3 Å². The Morgan fingerprint density at radius 3 is 1.88 bits per heavy atom. The summed E-state index contributed by atoms with van der Waals surface area (Å²) in [5, 5.41) is 10.9. The molecule has 0 fully saturated rings. The molecule has 5 heteroatoms. The average molecular weight is 426 g/mol. The van der Waals surface area contributed by atoms with Crippen LogP contribution >= 0.6 is 0 Å². The van der Waals surface area contributed by atoms with Crippen LogP contribution in [-0.2, 0) is 4.79 Å². The van der Waals surface area contributed by atoms with E-state index in [1.807, 2.05) is 66.7 Å². The summed E-state index contributed by atoms with van der Waals surface area (Å²) in [6.45, 7) is 4.20. The van der Waals surface area contributed by atoms with Crippen molar-refractivity contribution in [2.75, 3.05) is 0 Å². The lowest BCUT2D eigenvalue weighted by Gasteiger charge is -2.25. The van der Waals surface area contributed by atoms with Crippen molar-refractivity contribution in [2.45, 2.75) is 33.1 Å². The maximum Gasteiger partial charge on any atom is 0.204 e. The second-order valence-electron chi connectivity index (χ2n) is 8.01. The van der Waals surface area contributed by atoms with Gasteiger partial charge in [-0.1, -0.05) is 99.5 Å². The van der Waals surface area contributed by atoms with E-state index in [0.717, 1.165) is 30.4 Å².